The molecule has 1 rings (SSSR count). The lowest BCUT2D eigenvalue weighted by Crippen LogP contribution is -2.47. The van der Waals surface area contributed by atoms with E-state index < -0.39 is 6.03 Å². The molecule has 0 atom stereocenters. The minimum Gasteiger partial charge on any atom is -0.334 e. The van der Waals surface area contributed by atoms with Gasteiger partial charge in [-0.05, 0) is 19.4 Å². The van der Waals surface area contributed by atoms with Crippen LogP contribution in [0.25, 0.3) is 0 Å². The predicted molar refractivity (Wildman–Crippen MR) is 75.9 cm³/mol. The molecule has 0 aromatic carbocycles. The summed E-state index contributed by atoms with van der Waals surface area (Å²) in [6.07, 6.45) is 7.66. The number of carbonyl (C=O) groups excluding carboxylic acids is 2. The molecule has 0 heterocycles. The van der Waals surface area contributed by atoms with E-state index in [1.165, 1.54) is 19.3 Å². The van der Waals surface area contributed by atoms with Gasteiger partial charge in [-0.1, -0.05) is 32.3 Å². The van der Waals surface area contributed by atoms with E-state index in [2.05, 4.69) is 29.0 Å². The van der Waals surface area contributed by atoms with Crippen LogP contribution in [0.3, 0.4) is 0 Å². The number of rotatable bonds is 6. The molecular weight excluding hydrogens is 242 g/mol. The third kappa shape index (κ3) is 5.87. The first-order chi connectivity index (χ1) is 9.17. The summed E-state index contributed by atoms with van der Waals surface area (Å²) < 4.78 is 0. The number of likely N-dealkylation sites (N-methyl/N-ethyl adjacent to an activating group) is 1. The topological polar surface area (TPSA) is 61.4 Å². The highest BCUT2D eigenvalue weighted by Crippen LogP contribution is 2.22. The highest BCUT2D eigenvalue weighted by Gasteiger charge is 2.22. The van der Waals surface area contributed by atoms with Crippen molar-refractivity contribution in [3.05, 3.63) is 12.7 Å². The lowest BCUT2D eigenvalue weighted by atomic mass is 9.94. The summed E-state index contributed by atoms with van der Waals surface area (Å²) >= 11 is 0. The van der Waals surface area contributed by atoms with Gasteiger partial charge in [-0.15, -0.1) is 6.58 Å². The molecule has 5 nitrogen and oxygen atoms in total. The van der Waals surface area contributed by atoms with Crippen LogP contribution in [0.1, 0.15) is 39.0 Å². The lowest BCUT2D eigenvalue weighted by molar-refractivity contribution is -0.121. The molecule has 5 heteroatoms. The molecule has 0 aliphatic heterocycles. The quantitative estimate of drug-likeness (QED) is 0.719. The standard InChI is InChI=1S/C14H25N3O2/c1-3-10-15-14(19)16-13(18)11-17(4-2)12-8-6-5-7-9-12/h3,12H,1,4-11H2,2H3,(H2,15,16,18,19). The van der Waals surface area contributed by atoms with Gasteiger partial charge in [-0.2, -0.15) is 0 Å². The van der Waals surface area contributed by atoms with Gasteiger partial charge in [0.2, 0.25) is 5.91 Å². The van der Waals surface area contributed by atoms with Crippen molar-refractivity contribution in [1.82, 2.24) is 15.5 Å². The van der Waals surface area contributed by atoms with Crippen molar-refractivity contribution in [3.8, 4) is 0 Å². The van der Waals surface area contributed by atoms with Gasteiger partial charge in [-0.25, -0.2) is 4.79 Å². The number of amides is 3. The fourth-order valence-corrected chi connectivity index (χ4v) is 2.50. The highest BCUT2D eigenvalue weighted by atomic mass is 16.2. The lowest BCUT2D eigenvalue weighted by Gasteiger charge is -2.32. The maximum Gasteiger partial charge on any atom is 0.321 e. The Morgan fingerprint density at radius 3 is 2.58 bits per heavy atom. The van der Waals surface area contributed by atoms with Crippen molar-refractivity contribution in [1.29, 1.82) is 0 Å². The monoisotopic (exact) mass is 267 g/mol. The van der Waals surface area contributed by atoms with Crippen molar-refractivity contribution < 1.29 is 9.59 Å². The average molecular weight is 267 g/mol. The highest BCUT2D eigenvalue weighted by molar-refractivity contribution is 5.95. The van der Waals surface area contributed by atoms with Crippen LogP contribution in [0.15, 0.2) is 12.7 Å². The SMILES string of the molecule is C=CCNC(=O)NC(=O)CN(CC)C1CCCCC1. The first-order valence-electron chi connectivity index (χ1n) is 7.10. The minimum absolute atomic E-state index is 0.242. The number of nitrogens with zero attached hydrogens (tertiary/aromatic N) is 1. The molecule has 1 fully saturated rings. The molecule has 0 radical (unpaired) electrons. The van der Waals surface area contributed by atoms with Crippen LogP contribution in [0.4, 0.5) is 4.79 Å². The molecule has 0 spiro atoms. The summed E-state index contributed by atoms with van der Waals surface area (Å²) in [6.45, 7) is 7.05. The van der Waals surface area contributed by atoms with Crippen molar-refractivity contribution in [2.24, 2.45) is 0 Å². The van der Waals surface area contributed by atoms with Crippen molar-refractivity contribution >= 4 is 11.9 Å². The number of hydrogen-bond donors (Lipinski definition) is 2. The van der Waals surface area contributed by atoms with Gasteiger partial charge in [0.1, 0.15) is 0 Å². The summed E-state index contributed by atoms with van der Waals surface area (Å²) in [5, 5.41) is 4.87. The third-order valence-corrected chi connectivity index (χ3v) is 3.50. The van der Waals surface area contributed by atoms with E-state index in [1.54, 1.807) is 6.08 Å². The first kappa shape index (κ1) is 15.7. The molecule has 108 valence electrons. The Balaban J connectivity index is 2.35. The molecule has 1 aliphatic carbocycles. The number of hydrogen-bond acceptors (Lipinski definition) is 3. The average Bonchev–Trinajstić information content (AvgIpc) is 2.43. The third-order valence-electron chi connectivity index (χ3n) is 3.50. The first-order valence-corrected chi connectivity index (χ1v) is 7.10. The molecule has 19 heavy (non-hydrogen) atoms. The maximum absolute atomic E-state index is 11.8. The van der Waals surface area contributed by atoms with Crippen LogP contribution in [-0.2, 0) is 4.79 Å². The van der Waals surface area contributed by atoms with Crippen molar-refractivity contribution in [3.63, 3.8) is 0 Å². The molecule has 0 unspecified atom stereocenters. The normalized spacial score (nSPS) is 16.1. The van der Waals surface area contributed by atoms with Crippen LogP contribution >= 0.6 is 0 Å². The predicted octanol–water partition coefficient (Wildman–Crippen LogP) is 1.65. The van der Waals surface area contributed by atoms with Crippen molar-refractivity contribution in [2.75, 3.05) is 19.6 Å². The number of urea groups is 1. The van der Waals surface area contributed by atoms with Crippen LogP contribution in [0, 0.1) is 0 Å². The molecule has 0 saturated heterocycles. The molecule has 1 saturated carbocycles. The zero-order valence-electron chi connectivity index (χ0n) is 11.8. The zero-order valence-corrected chi connectivity index (χ0v) is 11.8. The fraction of sp³-hybridized carbons (Fsp3) is 0.714. The molecule has 0 bridgehead atoms. The summed E-state index contributed by atoms with van der Waals surface area (Å²) in [6, 6.07) is 0.0327. The molecular formula is C14H25N3O2. The number of carbonyl (C=O) groups is 2. The Bertz CT molecular complexity index is 312. The van der Waals surface area contributed by atoms with Gasteiger partial charge in [0.25, 0.3) is 0 Å². The van der Waals surface area contributed by atoms with Gasteiger partial charge in [0.05, 0.1) is 6.54 Å². The fourth-order valence-electron chi connectivity index (χ4n) is 2.50. The summed E-state index contributed by atoms with van der Waals surface area (Å²) in [4.78, 5) is 25.3. The van der Waals surface area contributed by atoms with Gasteiger partial charge in [-0.3, -0.25) is 15.0 Å². The van der Waals surface area contributed by atoms with Crippen LogP contribution < -0.4 is 10.6 Å². The number of imide groups is 1. The van der Waals surface area contributed by atoms with Gasteiger partial charge in [0.15, 0.2) is 0 Å². The molecule has 2 N–H and O–H groups in total. The minimum atomic E-state index is -0.454. The molecule has 0 aromatic heterocycles. The van der Waals surface area contributed by atoms with Crippen LogP contribution in [-0.4, -0.2) is 42.5 Å². The number of nitrogens with one attached hydrogen (secondary N) is 2. The van der Waals surface area contributed by atoms with E-state index in [-0.39, 0.29) is 5.91 Å². The Hall–Kier alpha value is -1.36. The van der Waals surface area contributed by atoms with Gasteiger partial charge >= 0.3 is 6.03 Å². The van der Waals surface area contributed by atoms with E-state index in [0.717, 1.165) is 19.4 Å². The Morgan fingerprint density at radius 2 is 2.00 bits per heavy atom. The maximum atomic E-state index is 11.8. The van der Waals surface area contributed by atoms with Gasteiger partial charge < -0.3 is 5.32 Å². The summed E-state index contributed by atoms with van der Waals surface area (Å²) in [5.74, 6) is -0.242. The zero-order chi connectivity index (χ0) is 14.1. The Morgan fingerprint density at radius 1 is 1.32 bits per heavy atom. The van der Waals surface area contributed by atoms with E-state index in [9.17, 15) is 9.59 Å². The summed E-state index contributed by atoms with van der Waals surface area (Å²) in [7, 11) is 0. The van der Waals surface area contributed by atoms with Gasteiger partial charge in [0, 0.05) is 12.6 Å². The second kappa shape index (κ2) is 8.69. The Labute approximate surface area is 115 Å². The Kier molecular flexibility index (Phi) is 7.18. The second-order valence-corrected chi connectivity index (χ2v) is 4.90. The van der Waals surface area contributed by atoms with Crippen molar-refractivity contribution in [2.45, 2.75) is 45.1 Å². The van der Waals surface area contributed by atoms with E-state index in [0.29, 0.717) is 19.1 Å². The summed E-state index contributed by atoms with van der Waals surface area (Å²) in [5.41, 5.74) is 0. The van der Waals surface area contributed by atoms with E-state index in [4.69, 9.17) is 0 Å². The molecule has 3 amide bonds. The van der Waals surface area contributed by atoms with E-state index >= 15 is 0 Å². The van der Waals surface area contributed by atoms with E-state index in [1.807, 2.05) is 0 Å². The second-order valence-electron chi connectivity index (χ2n) is 4.90. The van der Waals surface area contributed by atoms with Crippen LogP contribution in [0.5, 0.6) is 0 Å². The largest absolute Gasteiger partial charge is 0.334 e. The smallest absolute Gasteiger partial charge is 0.321 e. The molecule has 1 aliphatic rings. The van der Waals surface area contributed by atoms with Crippen LogP contribution in [0.2, 0.25) is 0 Å². The molecule has 0 aromatic rings.